The molecule has 1 aromatic rings. The largest absolute Gasteiger partial charge is 0.369 e. The van der Waals surface area contributed by atoms with E-state index in [4.69, 9.17) is 5.73 Å². The van der Waals surface area contributed by atoms with Gasteiger partial charge in [-0.05, 0) is 48.6 Å². The van der Waals surface area contributed by atoms with Crippen molar-refractivity contribution in [1.82, 2.24) is 4.90 Å². The number of fused-ring (bicyclic) bond motifs is 1. The smallest absolute Gasteiger partial charge is 0.226 e. The second kappa shape index (κ2) is 6.73. The monoisotopic (exact) mass is 318 g/mol. The molecule has 2 heterocycles. The fourth-order valence-electron chi connectivity index (χ4n) is 3.22. The Morgan fingerprint density at radius 3 is 2.77 bits per heavy atom. The van der Waals surface area contributed by atoms with E-state index in [1.54, 1.807) is 0 Å². The minimum absolute atomic E-state index is 0.0650. The summed E-state index contributed by atoms with van der Waals surface area (Å²) in [6, 6.07) is 6.42. The van der Waals surface area contributed by atoms with Gasteiger partial charge in [0.15, 0.2) is 0 Å². The molecule has 0 atom stereocenters. The molecule has 0 saturated carbocycles. The summed E-state index contributed by atoms with van der Waals surface area (Å²) in [5.41, 5.74) is 7.82. The van der Waals surface area contributed by atoms with Crippen LogP contribution in [0, 0.1) is 5.92 Å². The average molecular weight is 318 g/mol. The Hall–Kier alpha value is -1.49. The number of nitrogens with zero attached hydrogens (tertiary/aromatic N) is 1. The first-order chi connectivity index (χ1) is 10.6. The molecule has 0 bridgehead atoms. The van der Waals surface area contributed by atoms with Crippen molar-refractivity contribution in [2.75, 3.05) is 18.8 Å². The molecule has 22 heavy (non-hydrogen) atoms. The van der Waals surface area contributed by atoms with Gasteiger partial charge in [-0.25, -0.2) is 0 Å². The maximum absolute atomic E-state index is 12.4. The highest BCUT2D eigenvalue weighted by Gasteiger charge is 2.25. The Morgan fingerprint density at radius 1 is 1.27 bits per heavy atom. The number of carbonyl (C=O) groups excluding carboxylic acids is 2. The molecule has 0 unspecified atom stereocenters. The number of primary amides is 1. The maximum Gasteiger partial charge on any atom is 0.226 e. The lowest BCUT2D eigenvalue weighted by Gasteiger charge is -2.30. The fraction of sp³-hybridized carbons (Fsp3) is 0.529. The number of carbonyl (C=O) groups is 2. The van der Waals surface area contributed by atoms with Gasteiger partial charge in [0.1, 0.15) is 0 Å². The zero-order chi connectivity index (χ0) is 15.5. The SMILES string of the molecule is NC(=O)C1CCN(C(=O)Cc2ccc3c(c2)CCCS3)CC1. The molecule has 2 N–H and O–H groups in total. The highest BCUT2D eigenvalue weighted by Crippen LogP contribution is 2.30. The third kappa shape index (κ3) is 3.46. The molecule has 2 amide bonds. The Balaban J connectivity index is 1.59. The van der Waals surface area contributed by atoms with Crippen LogP contribution in [0.1, 0.15) is 30.4 Å². The third-order valence-corrected chi connectivity index (χ3v) is 5.78. The summed E-state index contributed by atoms with van der Waals surface area (Å²) in [5, 5.41) is 0. The van der Waals surface area contributed by atoms with Crippen LogP contribution >= 0.6 is 11.8 Å². The molecular formula is C17H22N2O2S. The standard InChI is InChI=1S/C17H22N2O2S/c18-17(21)13-5-7-19(8-6-13)16(20)11-12-3-4-15-14(10-12)2-1-9-22-15/h3-4,10,13H,1-2,5-9,11H2,(H2,18,21). The van der Waals surface area contributed by atoms with Crippen LogP contribution in [0.2, 0.25) is 0 Å². The Bertz CT molecular complexity index is 580. The molecule has 0 spiro atoms. The molecule has 2 aliphatic rings. The number of rotatable bonds is 3. The van der Waals surface area contributed by atoms with Crippen LogP contribution in [0.15, 0.2) is 23.1 Å². The van der Waals surface area contributed by atoms with Crippen LogP contribution in [-0.4, -0.2) is 35.6 Å². The zero-order valence-corrected chi connectivity index (χ0v) is 13.5. The molecule has 1 aromatic carbocycles. The van der Waals surface area contributed by atoms with E-state index in [-0.39, 0.29) is 17.7 Å². The number of thioether (sulfide) groups is 1. The van der Waals surface area contributed by atoms with Gasteiger partial charge in [-0.3, -0.25) is 9.59 Å². The summed E-state index contributed by atoms with van der Waals surface area (Å²) in [7, 11) is 0. The number of hydrogen-bond donors (Lipinski definition) is 1. The fourth-order valence-corrected chi connectivity index (χ4v) is 4.24. The number of hydrogen-bond acceptors (Lipinski definition) is 3. The minimum Gasteiger partial charge on any atom is -0.369 e. The predicted molar refractivity (Wildman–Crippen MR) is 87.7 cm³/mol. The number of likely N-dealkylation sites (tertiary alicyclic amines) is 1. The first-order valence-electron chi connectivity index (χ1n) is 7.95. The van der Waals surface area contributed by atoms with Gasteiger partial charge in [0.2, 0.25) is 11.8 Å². The van der Waals surface area contributed by atoms with Crippen molar-refractivity contribution in [3.05, 3.63) is 29.3 Å². The quantitative estimate of drug-likeness (QED) is 0.927. The van der Waals surface area contributed by atoms with E-state index in [1.807, 2.05) is 16.7 Å². The molecule has 0 aromatic heterocycles. The Labute approximate surface area is 135 Å². The van der Waals surface area contributed by atoms with Crippen LogP contribution in [0.25, 0.3) is 0 Å². The maximum atomic E-state index is 12.4. The van der Waals surface area contributed by atoms with E-state index in [9.17, 15) is 9.59 Å². The van der Waals surface area contributed by atoms with Crippen LogP contribution < -0.4 is 5.73 Å². The number of amides is 2. The highest BCUT2D eigenvalue weighted by atomic mass is 32.2. The van der Waals surface area contributed by atoms with E-state index in [1.165, 1.54) is 22.6 Å². The molecule has 4 nitrogen and oxygen atoms in total. The van der Waals surface area contributed by atoms with Crippen LogP contribution in [-0.2, 0) is 22.4 Å². The minimum atomic E-state index is -0.237. The lowest BCUT2D eigenvalue weighted by molar-refractivity contribution is -0.134. The van der Waals surface area contributed by atoms with Gasteiger partial charge >= 0.3 is 0 Å². The number of benzene rings is 1. The molecular weight excluding hydrogens is 296 g/mol. The van der Waals surface area contributed by atoms with E-state index >= 15 is 0 Å². The van der Waals surface area contributed by atoms with Crippen molar-refractivity contribution >= 4 is 23.6 Å². The summed E-state index contributed by atoms with van der Waals surface area (Å²) in [4.78, 5) is 26.8. The second-order valence-electron chi connectivity index (χ2n) is 6.13. The molecule has 118 valence electrons. The molecule has 0 radical (unpaired) electrons. The van der Waals surface area contributed by atoms with Crippen molar-refractivity contribution in [3.63, 3.8) is 0 Å². The molecule has 3 rings (SSSR count). The topological polar surface area (TPSA) is 63.4 Å². The van der Waals surface area contributed by atoms with Gasteiger partial charge in [-0.1, -0.05) is 12.1 Å². The van der Waals surface area contributed by atoms with Gasteiger partial charge < -0.3 is 10.6 Å². The summed E-state index contributed by atoms with van der Waals surface area (Å²) < 4.78 is 0. The predicted octanol–water partition coefficient (Wildman–Crippen LogP) is 1.99. The summed E-state index contributed by atoms with van der Waals surface area (Å²) >= 11 is 1.91. The van der Waals surface area contributed by atoms with Crippen molar-refractivity contribution in [2.45, 2.75) is 37.0 Å². The van der Waals surface area contributed by atoms with Crippen molar-refractivity contribution in [2.24, 2.45) is 11.7 Å². The van der Waals surface area contributed by atoms with E-state index in [0.717, 1.165) is 12.0 Å². The molecule has 5 heteroatoms. The summed E-state index contributed by atoms with van der Waals surface area (Å²) in [5.74, 6) is 1.05. The van der Waals surface area contributed by atoms with Gasteiger partial charge in [-0.2, -0.15) is 0 Å². The lowest BCUT2D eigenvalue weighted by atomic mass is 9.95. The zero-order valence-electron chi connectivity index (χ0n) is 12.7. The molecule has 2 aliphatic heterocycles. The van der Waals surface area contributed by atoms with E-state index < -0.39 is 0 Å². The van der Waals surface area contributed by atoms with E-state index in [2.05, 4.69) is 18.2 Å². The Morgan fingerprint density at radius 2 is 2.05 bits per heavy atom. The number of aryl methyl sites for hydroxylation is 1. The summed E-state index contributed by atoms with van der Waals surface area (Å²) in [6.07, 6.45) is 4.19. The van der Waals surface area contributed by atoms with Crippen LogP contribution in [0.3, 0.4) is 0 Å². The van der Waals surface area contributed by atoms with Crippen molar-refractivity contribution in [1.29, 1.82) is 0 Å². The summed E-state index contributed by atoms with van der Waals surface area (Å²) in [6.45, 7) is 1.29. The van der Waals surface area contributed by atoms with Crippen LogP contribution in [0.5, 0.6) is 0 Å². The normalized spacial score (nSPS) is 18.8. The molecule has 0 aliphatic carbocycles. The molecule has 1 fully saturated rings. The van der Waals surface area contributed by atoms with E-state index in [0.29, 0.717) is 32.4 Å². The van der Waals surface area contributed by atoms with Crippen molar-refractivity contribution < 1.29 is 9.59 Å². The average Bonchev–Trinajstić information content (AvgIpc) is 2.55. The first kappa shape index (κ1) is 15.4. The van der Waals surface area contributed by atoms with Gasteiger partial charge in [0, 0.05) is 23.9 Å². The van der Waals surface area contributed by atoms with Gasteiger partial charge in [0.05, 0.1) is 6.42 Å². The first-order valence-corrected chi connectivity index (χ1v) is 8.94. The Kier molecular flexibility index (Phi) is 4.71. The number of nitrogens with two attached hydrogens (primary N) is 1. The van der Waals surface area contributed by atoms with Gasteiger partial charge in [-0.15, -0.1) is 11.8 Å². The van der Waals surface area contributed by atoms with Crippen LogP contribution in [0.4, 0.5) is 0 Å². The van der Waals surface area contributed by atoms with Crippen molar-refractivity contribution in [3.8, 4) is 0 Å². The lowest BCUT2D eigenvalue weighted by Crippen LogP contribution is -2.42. The molecule has 1 saturated heterocycles. The third-order valence-electron chi connectivity index (χ3n) is 4.58. The van der Waals surface area contributed by atoms with Gasteiger partial charge in [0.25, 0.3) is 0 Å². The second-order valence-corrected chi connectivity index (χ2v) is 7.27. The number of piperidine rings is 1. The highest BCUT2D eigenvalue weighted by molar-refractivity contribution is 7.99.